The molecular formula is C23H26O4. The Morgan fingerprint density at radius 1 is 1.19 bits per heavy atom. The number of hydrogen-bond acceptors (Lipinski definition) is 4. The molecule has 0 radical (unpaired) electrons. The molecule has 4 heteroatoms. The van der Waals surface area contributed by atoms with Crippen molar-refractivity contribution < 1.29 is 19.7 Å². The van der Waals surface area contributed by atoms with Crippen molar-refractivity contribution in [2.45, 2.75) is 44.5 Å². The average molecular weight is 366 g/mol. The van der Waals surface area contributed by atoms with Crippen molar-refractivity contribution in [3.8, 4) is 18.1 Å². The predicted octanol–water partition coefficient (Wildman–Crippen LogP) is 3.23. The molecule has 2 N–H and O–H groups in total. The monoisotopic (exact) mass is 366 g/mol. The van der Waals surface area contributed by atoms with E-state index in [4.69, 9.17) is 15.9 Å². The first kappa shape index (κ1) is 19.4. The van der Waals surface area contributed by atoms with E-state index in [9.17, 15) is 10.2 Å². The van der Waals surface area contributed by atoms with E-state index < -0.39 is 6.10 Å². The van der Waals surface area contributed by atoms with Gasteiger partial charge in [0, 0.05) is 18.4 Å². The van der Waals surface area contributed by atoms with Crippen LogP contribution >= 0.6 is 0 Å². The number of terminal acetylenes is 1. The first-order chi connectivity index (χ1) is 13.1. The number of rotatable bonds is 6. The summed E-state index contributed by atoms with van der Waals surface area (Å²) in [6, 6.07) is 13.9. The fourth-order valence-corrected chi connectivity index (χ4v) is 3.51. The van der Waals surface area contributed by atoms with Gasteiger partial charge < -0.3 is 19.7 Å². The summed E-state index contributed by atoms with van der Waals surface area (Å²) in [5.41, 5.74) is 4.02. The van der Waals surface area contributed by atoms with Crippen molar-refractivity contribution in [2.24, 2.45) is 0 Å². The minimum Gasteiger partial charge on any atom is -0.494 e. The lowest BCUT2D eigenvalue weighted by molar-refractivity contribution is -0.113. The maximum Gasteiger partial charge on any atom is 0.119 e. The Bertz CT molecular complexity index is 791. The molecule has 1 aliphatic rings. The molecule has 142 valence electrons. The molecule has 3 atom stereocenters. The number of hydrogen-bond donors (Lipinski definition) is 2. The van der Waals surface area contributed by atoms with Gasteiger partial charge in [-0.3, -0.25) is 0 Å². The van der Waals surface area contributed by atoms with Crippen LogP contribution in [0.3, 0.4) is 0 Å². The largest absolute Gasteiger partial charge is 0.494 e. The molecule has 2 aromatic carbocycles. The number of aliphatic hydroxyl groups excluding tert-OH is 2. The quantitative estimate of drug-likeness (QED) is 0.771. The van der Waals surface area contributed by atoms with Crippen LogP contribution in [-0.2, 0) is 11.2 Å². The second-order valence-corrected chi connectivity index (χ2v) is 6.87. The highest BCUT2D eigenvalue weighted by Crippen LogP contribution is 2.32. The zero-order valence-corrected chi connectivity index (χ0v) is 15.6. The summed E-state index contributed by atoms with van der Waals surface area (Å²) >= 11 is 0. The van der Waals surface area contributed by atoms with E-state index in [1.807, 2.05) is 43.3 Å². The summed E-state index contributed by atoms with van der Waals surface area (Å²) in [6.45, 7) is 2.52. The summed E-state index contributed by atoms with van der Waals surface area (Å²) in [5.74, 6) is 3.61. The highest BCUT2D eigenvalue weighted by Gasteiger charge is 2.29. The third kappa shape index (κ3) is 4.90. The van der Waals surface area contributed by atoms with Crippen LogP contribution in [0.5, 0.6) is 5.75 Å². The number of benzene rings is 2. The topological polar surface area (TPSA) is 58.9 Å². The molecule has 4 nitrogen and oxygen atoms in total. The summed E-state index contributed by atoms with van der Waals surface area (Å²) in [7, 11) is 0. The van der Waals surface area contributed by atoms with Gasteiger partial charge in [0.15, 0.2) is 0 Å². The standard InChI is InChI=1S/C23H26O4/c1-3-17-7-8-18(23-14-20(25)13-22(15-24)27-23)12-19(17)11-16-5-9-21(10-6-16)26-4-2/h1,5-10,12,20,22-25H,4,11,13-15H2,2H3. The van der Waals surface area contributed by atoms with Crippen molar-refractivity contribution in [3.05, 3.63) is 64.7 Å². The van der Waals surface area contributed by atoms with Crippen LogP contribution in [0.1, 0.15) is 48.1 Å². The third-order valence-electron chi connectivity index (χ3n) is 4.87. The van der Waals surface area contributed by atoms with E-state index in [1.54, 1.807) is 0 Å². The van der Waals surface area contributed by atoms with Gasteiger partial charge in [-0.1, -0.05) is 30.2 Å². The van der Waals surface area contributed by atoms with Crippen molar-refractivity contribution in [2.75, 3.05) is 13.2 Å². The SMILES string of the molecule is C#Cc1ccc(C2CC(O)CC(CO)O2)cc1Cc1ccc(OCC)cc1. The van der Waals surface area contributed by atoms with E-state index in [1.165, 1.54) is 0 Å². The molecular weight excluding hydrogens is 340 g/mol. The smallest absolute Gasteiger partial charge is 0.119 e. The van der Waals surface area contributed by atoms with Crippen LogP contribution in [0.25, 0.3) is 0 Å². The van der Waals surface area contributed by atoms with Crippen molar-refractivity contribution in [1.29, 1.82) is 0 Å². The summed E-state index contributed by atoms with van der Waals surface area (Å²) in [5, 5.41) is 19.5. The predicted molar refractivity (Wildman–Crippen MR) is 105 cm³/mol. The Hall–Kier alpha value is -2.32. The molecule has 0 spiro atoms. The van der Waals surface area contributed by atoms with Gasteiger partial charge in [0.25, 0.3) is 0 Å². The third-order valence-corrected chi connectivity index (χ3v) is 4.87. The van der Waals surface area contributed by atoms with Gasteiger partial charge in [0.1, 0.15) is 5.75 Å². The molecule has 27 heavy (non-hydrogen) atoms. The maximum atomic E-state index is 10.1. The Balaban J connectivity index is 1.82. The first-order valence-corrected chi connectivity index (χ1v) is 9.38. The van der Waals surface area contributed by atoms with Crippen LogP contribution in [0, 0.1) is 12.3 Å². The molecule has 1 saturated heterocycles. The number of aliphatic hydroxyl groups is 2. The van der Waals surface area contributed by atoms with Gasteiger partial charge in [0.2, 0.25) is 0 Å². The molecule has 0 aliphatic carbocycles. The minimum absolute atomic E-state index is 0.0883. The van der Waals surface area contributed by atoms with Crippen molar-refractivity contribution in [1.82, 2.24) is 0 Å². The van der Waals surface area contributed by atoms with Gasteiger partial charge in [-0.15, -0.1) is 6.42 Å². The summed E-state index contributed by atoms with van der Waals surface area (Å²) in [4.78, 5) is 0. The Morgan fingerprint density at radius 3 is 2.63 bits per heavy atom. The van der Waals surface area contributed by atoms with Gasteiger partial charge in [-0.05, 0) is 48.2 Å². The van der Waals surface area contributed by atoms with Crippen LogP contribution in [-0.4, -0.2) is 35.6 Å². The van der Waals surface area contributed by atoms with Gasteiger partial charge in [0.05, 0.1) is 31.5 Å². The lowest BCUT2D eigenvalue weighted by Gasteiger charge is -2.32. The maximum absolute atomic E-state index is 10.1. The van der Waals surface area contributed by atoms with Crippen LogP contribution in [0.2, 0.25) is 0 Å². The highest BCUT2D eigenvalue weighted by atomic mass is 16.5. The van der Waals surface area contributed by atoms with Crippen molar-refractivity contribution in [3.63, 3.8) is 0 Å². The van der Waals surface area contributed by atoms with Crippen LogP contribution in [0.15, 0.2) is 42.5 Å². The molecule has 0 amide bonds. The van der Waals surface area contributed by atoms with E-state index in [-0.39, 0.29) is 18.8 Å². The summed E-state index contributed by atoms with van der Waals surface area (Å²) in [6.07, 6.45) is 6.34. The summed E-state index contributed by atoms with van der Waals surface area (Å²) < 4.78 is 11.4. The molecule has 1 heterocycles. The first-order valence-electron chi connectivity index (χ1n) is 9.38. The molecule has 3 unspecified atom stereocenters. The van der Waals surface area contributed by atoms with Gasteiger partial charge in [-0.2, -0.15) is 0 Å². The molecule has 3 rings (SSSR count). The molecule has 1 fully saturated rings. The van der Waals surface area contributed by atoms with Crippen LogP contribution < -0.4 is 4.74 Å². The average Bonchev–Trinajstić information content (AvgIpc) is 2.69. The fourth-order valence-electron chi connectivity index (χ4n) is 3.51. The highest BCUT2D eigenvalue weighted by molar-refractivity contribution is 5.45. The second kappa shape index (κ2) is 9.05. The lowest BCUT2D eigenvalue weighted by Crippen LogP contribution is -2.33. The second-order valence-electron chi connectivity index (χ2n) is 6.87. The van der Waals surface area contributed by atoms with Gasteiger partial charge in [-0.25, -0.2) is 0 Å². The Morgan fingerprint density at radius 2 is 1.96 bits per heavy atom. The van der Waals surface area contributed by atoms with Gasteiger partial charge >= 0.3 is 0 Å². The molecule has 0 saturated carbocycles. The fraction of sp³-hybridized carbons (Fsp3) is 0.391. The molecule has 2 aromatic rings. The van der Waals surface area contributed by atoms with E-state index in [0.717, 1.165) is 28.0 Å². The Labute approximate surface area is 160 Å². The lowest BCUT2D eigenvalue weighted by atomic mass is 9.92. The normalized spacial score (nSPS) is 22.2. The zero-order valence-electron chi connectivity index (χ0n) is 15.6. The van der Waals surface area contributed by atoms with Crippen molar-refractivity contribution >= 4 is 0 Å². The van der Waals surface area contributed by atoms with E-state index >= 15 is 0 Å². The minimum atomic E-state index is -0.470. The van der Waals surface area contributed by atoms with Crippen LogP contribution in [0.4, 0.5) is 0 Å². The van der Waals surface area contributed by atoms with E-state index in [0.29, 0.717) is 25.9 Å². The van der Waals surface area contributed by atoms with E-state index in [2.05, 4.69) is 12.0 Å². The Kier molecular flexibility index (Phi) is 6.52. The molecule has 0 aromatic heterocycles. The molecule has 1 aliphatic heterocycles. The zero-order chi connectivity index (χ0) is 19.2. The number of ether oxygens (including phenoxy) is 2. The molecule has 0 bridgehead atoms.